The van der Waals surface area contributed by atoms with Crippen LogP contribution in [0.1, 0.15) is 33.3 Å². The summed E-state index contributed by atoms with van der Waals surface area (Å²) in [4.78, 5) is 0. The fraction of sp³-hybridized carbons (Fsp3) is 0.318. The van der Waals surface area contributed by atoms with E-state index in [0.29, 0.717) is 6.61 Å². The molecule has 0 radical (unpaired) electrons. The SMILES string of the molecule is CC1(C)OB(c2cc(-n3cccn3)ccc2OCc2ccccc2)OC1(C)C. The van der Waals surface area contributed by atoms with Crippen molar-refractivity contribution < 1.29 is 14.0 Å². The van der Waals surface area contributed by atoms with Gasteiger partial charge in [-0.2, -0.15) is 5.10 Å². The molecule has 0 unspecified atom stereocenters. The number of rotatable bonds is 5. The Kier molecular flexibility index (Phi) is 4.77. The Hall–Kier alpha value is -2.57. The van der Waals surface area contributed by atoms with E-state index < -0.39 is 18.3 Å². The van der Waals surface area contributed by atoms with Crippen LogP contribution >= 0.6 is 0 Å². The first kappa shape index (κ1) is 18.8. The van der Waals surface area contributed by atoms with Crippen LogP contribution in [-0.4, -0.2) is 28.1 Å². The molecule has 2 heterocycles. The first-order valence-electron chi connectivity index (χ1n) is 9.52. The van der Waals surface area contributed by atoms with Crippen LogP contribution in [0.2, 0.25) is 0 Å². The highest BCUT2D eigenvalue weighted by atomic mass is 16.7. The molecule has 1 aliphatic rings. The summed E-state index contributed by atoms with van der Waals surface area (Å²) < 4.78 is 20.5. The van der Waals surface area contributed by atoms with Crippen molar-refractivity contribution in [2.45, 2.75) is 45.5 Å². The zero-order valence-corrected chi connectivity index (χ0v) is 16.8. The summed E-state index contributed by atoms with van der Waals surface area (Å²) >= 11 is 0. The summed E-state index contributed by atoms with van der Waals surface area (Å²) in [6.45, 7) is 8.68. The molecule has 0 bridgehead atoms. The van der Waals surface area contributed by atoms with Crippen molar-refractivity contribution >= 4 is 12.6 Å². The molecular weight excluding hydrogens is 351 g/mol. The molecular formula is C22H25BN2O3. The van der Waals surface area contributed by atoms with Gasteiger partial charge in [0.1, 0.15) is 12.4 Å². The molecule has 4 rings (SSSR count). The molecule has 1 aromatic heterocycles. The number of aromatic nitrogens is 2. The van der Waals surface area contributed by atoms with Crippen molar-refractivity contribution in [1.82, 2.24) is 9.78 Å². The van der Waals surface area contributed by atoms with E-state index >= 15 is 0 Å². The van der Waals surface area contributed by atoms with Gasteiger partial charge in [-0.3, -0.25) is 0 Å². The molecule has 0 saturated carbocycles. The first-order chi connectivity index (χ1) is 13.4. The van der Waals surface area contributed by atoms with Crippen LogP contribution in [0.5, 0.6) is 5.75 Å². The summed E-state index contributed by atoms with van der Waals surface area (Å²) in [6, 6.07) is 18.0. The van der Waals surface area contributed by atoms with E-state index in [-0.39, 0.29) is 0 Å². The summed E-state index contributed by atoms with van der Waals surface area (Å²) in [5.41, 5.74) is 2.06. The Bertz CT molecular complexity index is 924. The summed E-state index contributed by atoms with van der Waals surface area (Å²) in [5.74, 6) is 0.748. The van der Waals surface area contributed by atoms with Gasteiger partial charge in [0.2, 0.25) is 0 Å². The Morgan fingerprint density at radius 1 is 0.964 bits per heavy atom. The monoisotopic (exact) mass is 376 g/mol. The van der Waals surface area contributed by atoms with Crippen LogP contribution in [0.4, 0.5) is 0 Å². The Labute approximate surface area is 166 Å². The highest BCUT2D eigenvalue weighted by molar-refractivity contribution is 6.63. The Morgan fingerprint density at radius 2 is 1.68 bits per heavy atom. The molecule has 1 saturated heterocycles. The highest BCUT2D eigenvalue weighted by Crippen LogP contribution is 2.37. The quantitative estimate of drug-likeness (QED) is 0.637. The lowest BCUT2D eigenvalue weighted by Crippen LogP contribution is -2.41. The fourth-order valence-electron chi connectivity index (χ4n) is 3.12. The van der Waals surface area contributed by atoms with Gasteiger partial charge >= 0.3 is 7.12 Å². The summed E-state index contributed by atoms with van der Waals surface area (Å²) in [7, 11) is -0.508. The van der Waals surface area contributed by atoms with Gasteiger partial charge in [-0.05, 0) is 57.5 Å². The molecule has 144 valence electrons. The van der Waals surface area contributed by atoms with Gasteiger partial charge in [0, 0.05) is 17.9 Å². The molecule has 5 nitrogen and oxygen atoms in total. The lowest BCUT2D eigenvalue weighted by molar-refractivity contribution is 0.00578. The van der Waals surface area contributed by atoms with Gasteiger partial charge in [-0.1, -0.05) is 30.3 Å². The van der Waals surface area contributed by atoms with E-state index in [2.05, 4.69) is 32.8 Å². The average molecular weight is 376 g/mol. The number of nitrogens with zero attached hydrogens (tertiary/aromatic N) is 2. The molecule has 6 heteroatoms. The normalized spacial score (nSPS) is 17.6. The maximum absolute atomic E-state index is 6.28. The minimum atomic E-state index is -0.508. The van der Waals surface area contributed by atoms with Crippen LogP contribution < -0.4 is 10.2 Å². The summed E-state index contributed by atoms with van der Waals surface area (Å²) in [5, 5.41) is 4.33. The largest absolute Gasteiger partial charge is 0.498 e. The van der Waals surface area contributed by atoms with E-state index in [1.165, 1.54) is 0 Å². The van der Waals surface area contributed by atoms with Crippen molar-refractivity contribution in [3.05, 3.63) is 72.6 Å². The third-order valence-corrected chi connectivity index (χ3v) is 5.51. The molecule has 0 spiro atoms. The van der Waals surface area contributed by atoms with Gasteiger partial charge in [-0.25, -0.2) is 4.68 Å². The van der Waals surface area contributed by atoms with Crippen molar-refractivity contribution in [3.63, 3.8) is 0 Å². The van der Waals surface area contributed by atoms with Crippen LogP contribution in [0.3, 0.4) is 0 Å². The van der Waals surface area contributed by atoms with Gasteiger partial charge in [-0.15, -0.1) is 0 Å². The van der Waals surface area contributed by atoms with Gasteiger partial charge < -0.3 is 14.0 Å². The predicted molar refractivity (Wildman–Crippen MR) is 110 cm³/mol. The number of ether oxygens (including phenoxy) is 1. The smallest absolute Gasteiger partial charge is 0.489 e. The molecule has 3 aromatic rings. The maximum atomic E-state index is 6.28. The van der Waals surface area contributed by atoms with Crippen molar-refractivity contribution in [1.29, 1.82) is 0 Å². The fourth-order valence-corrected chi connectivity index (χ4v) is 3.12. The third kappa shape index (κ3) is 3.58. The van der Waals surface area contributed by atoms with Crippen LogP contribution in [-0.2, 0) is 15.9 Å². The molecule has 0 atom stereocenters. The van der Waals surface area contributed by atoms with Crippen LogP contribution in [0.25, 0.3) is 5.69 Å². The van der Waals surface area contributed by atoms with Crippen LogP contribution in [0, 0.1) is 0 Å². The van der Waals surface area contributed by atoms with E-state index in [0.717, 1.165) is 22.5 Å². The van der Waals surface area contributed by atoms with E-state index in [4.69, 9.17) is 14.0 Å². The second kappa shape index (κ2) is 7.11. The zero-order chi connectivity index (χ0) is 19.8. The number of benzene rings is 2. The van der Waals surface area contributed by atoms with Crippen molar-refractivity contribution in [2.24, 2.45) is 0 Å². The maximum Gasteiger partial charge on any atom is 0.498 e. The second-order valence-electron chi connectivity index (χ2n) is 8.04. The first-order valence-corrected chi connectivity index (χ1v) is 9.52. The number of hydrogen-bond donors (Lipinski definition) is 0. The lowest BCUT2D eigenvalue weighted by atomic mass is 9.78. The zero-order valence-electron chi connectivity index (χ0n) is 16.8. The molecule has 2 aromatic carbocycles. The minimum Gasteiger partial charge on any atom is -0.489 e. The Morgan fingerprint density at radius 3 is 2.32 bits per heavy atom. The van der Waals surface area contributed by atoms with E-state index in [9.17, 15) is 0 Å². The third-order valence-electron chi connectivity index (χ3n) is 5.51. The molecule has 0 amide bonds. The standard InChI is InChI=1S/C22H25BN2O3/c1-21(2)22(3,4)28-23(27-21)19-15-18(25-14-8-13-24-25)11-12-20(19)26-16-17-9-6-5-7-10-17/h5-15H,16H2,1-4H3. The highest BCUT2D eigenvalue weighted by Gasteiger charge is 2.52. The molecule has 0 N–H and O–H groups in total. The van der Waals surface area contributed by atoms with Crippen LogP contribution in [0.15, 0.2) is 67.0 Å². The minimum absolute atomic E-state index is 0.421. The second-order valence-corrected chi connectivity index (χ2v) is 8.04. The van der Waals surface area contributed by atoms with Gasteiger partial charge in [0.15, 0.2) is 0 Å². The lowest BCUT2D eigenvalue weighted by Gasteiger charge is -2.32. The summed E-state index contributed by atoms with van der Waals surface area (Å²) in [6.07, 6.45) is 3.67. The predicted octanol–water partition coefficient (Wildman–Crippen LogP) is 3.75. The van der Waals surface area contributed by atoms with Gasteiger partial charge in [0.25, 0.3) is 0 Å². The number of hydrogen-bond acceptors (Lipinski definition) is 4. The van der Waals surface area contributed by atoms with E-state index in [1.807, 2.05) is 65.5 Å². The van der Waals surface area contributed by atoms with Crippen molar-refractivity contribution in [3.8, 4) is 11.4 Å². The average Bonchev–Trinajstić information content (AvgIpc) is 3.27. The topological polar surface area (TPSA) is 45.5 Å². The van der Waals surface area contributed by atoms with E-state index in [1.54, 1.807) is 6.20 Å². The molecule has 0 aliphatic carbocycles. The Balaban J connectivity index is 1.67. The van der Waals surface area contributed by atoms with Gasteiger partial charge in [0.05, 0.1) is 16.9 Å². The molecule has 1 aliphatic heterocycles. The molecule has 28 heavy (non-hydrogen) atoms. The van der Waals surface area contributed by atoms with Crippen molar-refractivity contribution in [2.75, 3.05) is 0 Å². The molecule has 1 fully saturated rings.